The van der Waals surface area contributed by atoms with Gasteiger partial charge in [0.05, 0.1) is 12.1 Å². The number of nitrogens with two attached hydrogens (primary N) is 1. The zero-order valence-corrected chi connectivity index (χ0v) is 9.32. The molecule has 0 radical (unpaired) electrons. The lowest BCUT2D eigenvalue weighted by Gasteiger charge is -2.38. The van der Waals surface area contributed by atoms with E-state index < -0.39 is 0 Å². The number of carbonyl (C=O) groups excluding carboxylic acids is 2. The predicted octanol–water partition coefficient (Wildman–Crippen LogP) is -0.539. The van der Waals surface area contributed by atoms with Gasteiger partial charge in [-0.1, -0.05) is 13.8 Å². The van der Waals surface area contributed by atoms with Gasteiger partial charge in [0.15, 0.2) is 0 Å². The van der Waals surface area contributed by atoms with E-state index in [1.54, 1.807) is 0 Å². The van der Waals surface area contributed by atoms with Crippen LogP contribution in [-0.4, -0.2) is 41.9 Å². The summed E-state index contributed by atoms with van der Waals surface area (Å²) in [6.45, 7) is 5.15. The molecule has 86 valence electrons. The Hall–Kier alpha value is -1.10. The highest BCUT2D eigenvalue weighted by atomic mass is 16.2. The van der Waals surface area contributed by atoms with Crippen molar-refractivity contribution in [1.29, 1.82) is 0 Å². The Morgan fingerprint density at radius 1 is 1.67 bits per heavy atom. The van der Waals surface area contributed by atoms with Gasteiger partial charge in [0.2, 0.25) is 11.8 Å². The third kappa shape index (κ3) is 2.47. The molecule has 2 amide bonds. The minimum Gasteiger partial charge on any atom is -0.368 e. The van der Waals surface area contributed by atoms with Crippen LogP contribution < -0.4 is 11.1 Å². The van der Waals surface area contributed by atoms with E-state index in [4.69, 9.17) is 5.73 Å². The van der Waals surface area contributed by atoms with Crippen LogP contribution in [0.3, 0.4) is 0 Å². The molecule has 1 aliphatic heterocycles. The van der Waals surface area contributed by atoms with Crippen molar-refractivity contribution in [2.24, 2.45) is 5.73 Å². The van der Waals surface area contributed by atoms with Gasteiger partial charge in [-0.2, -0.15) is 0 Å². The van der Waals surface area contributed by atoms with Crippen LogP contribution >= 0.6 is 0 Å². The van der Waals surface area contributed by atoms with E-state index in [1.165, 1.54) is 0 Å². The Morgan fingerprint density at radius 2 is 2.33 bits per heavy atom. The van der Waals surface area contributed by atoms with E-state index in [1.807, 2.05) is 18.7 Å². The maximum Gasteiger partial charge on any atom is 0.237 e. The van der Waals surface area contributed by atoms with Gasteiger partial charge in [-0.25, -0.2) is 0 Å². The van der Waals surface area contributed by atoms with E-state index >= 15 is 0 Å². The molecule has 0 aromatic rings. The van der Waals surface area contributed by atoms with Crippen molar-refractivity contribution in [1.82, 2.24) is 10.2 Å². The second-order valence-electron chi connectivity index (χ2n) is 3.78. The summed E-state index contributed by atoms with van der Waals surface area (Å²) in [7, 11) is 0. The molecule has 0 spiro atoms. The lowest BCUT2D eigenvalue weighted by molar-refractivity contribution is -0.134. The topological polar surface area (TPSA) is 75.4 Å². The van der Waals surface area contributed by atoms with E-state index in [9.17, 15) is 9.59 Å². The van der Waals surface area contributed by atoms with Gasteiger partial charge in [-0.3, -0.25) is 14.5 Å². The fourth-order valence-electron chi connectivity index (χ4n) is 2.12. The molecule has 0 bridgehead atoms. The van der Waals surface area contributed by atoms with Crippen LogP contribution in [0.4, 0.5) is 0 Å². The molecule has 1 heterocycles. The maximum absolute atomic E-state index is 11.6. The Morgan fingerprint density at radius 3 is 2.80 bits per heavy atom. The van der Waals surface area contributed by atoms with Crippen molar-refractivity contribution in [3.8, 4) is 0 Å². The molecule has 0 aromatic heterocycles. The Bertz CT molecular complexity index is 249. The Kier molecular flexibility index (Phi) is 4.08. The van der Waals surface area contributed by atoms with Crippen molar-refractivity contribution < 1.29 is 9.59 Å². The van der Waals surface area contributed by atoms with E-state index in [2.05, 4.69) is 5.32 Å². The molecule has 1 rings (SSSR count). The highest BCUT2D eigenvalue weighted by molar-refractivity contribution is 5.85. The summed E-state index contributed by atoms with van der Waals surface area (Å²) >= 11 is 0. The van der Waals surface area contributed by atoms with Crippen molar-refractivity contribution >= 4 is 11.8 Å². The normalized spacial score (nSPS) is 24.7. The predicted molar refractivity (Wildman–Crippen MR) is 57.1 cm³/mol. The molecule has 15 heavy (non-hydrogen) atoms. The number of nitrogens with zero attached hydrogens (tertiary/aromatic N) is 1. The van der Waals surface area contributed by atoms with Gasteiger partial charge in [0.25, 0.3) is 0 Å². The molecule has 5 nitrogen and oxygen atoms in total. The highest BCUT2D eigenvalue weighted by Gasteiger charge is 2.34. The fourth-order valence-corrected chi connectivity index (χ4v) is 2.12. The summed E-state index contributed by atoms with van der Waals surface area (Å²) in [6.07, 6.45) is 1.36. The first-order chi connectivity index (χ1) is 7.11. The zero-order valence-electron chi connectivity index (χ0n) is 9.32. The zero-order chi connectivity index (χ0) is 11.4. The van der Waals surface area contributed by atoms with Crippen LogP contribution in [0.5, 0.6) is 0 Å². The quantitative estimate of drug-likeness (QED) is 0.658. The third-order valence-corrected chi connectivity index (χ3v) is 2.87. The van der Waals surface area contributed by atoms with Gasteiger partial charge >= 0.3 is 0 Å². The van der Waals surface area contributed by atoms with Gasteiger partial charge in [-0.05, 0) is 12.8 Å². The summed E-state index contributed by atoms with van der Waals surface area (Å²) in [6, 6.07) is -0.530. The molecule has 0 aliphatic carbocycles. The van der Waals surface area contributed by atoms with Crippen molar-refractivity contribution in [3.05, 3.63) is 0 Å². The molecular formula is C10H19N3O2. The van der Waals surface area contributed by atoms with Gasteiger partial charge in [0, 0.05) is 13.1 Å². The minimum atomic E-state index is -0.342. The summed E-state index contributed by atoms with van der Waals surface area (Å²) in [5.41, 5.74) is 5.33. The van der Waals surface area contributed by atoms with Crippen LogP contribution in [0.15, 0.2) is 0 Å². The SMILES string of the molecule is CCC(C(N)=O)N1CCNC(=O)C1CC. The van der Waals surface area contributed by atoms with Crippen molar-refractivity contribution in [3.63, 3.8) is 0 Å². The maximum atomic E-state index is 11.6. The Labute approximate surface area is 90.0 Å². The molecule has 2 unspecified atom stereocenters. The molecule has 2 atom stereocenters. The first-order valence-electron chi connectivity index (χ1n) is 5.44. The molecule has 3 N–H and O–H groups in total. The number of hydrogen-bond acceptors (Lipinski definition) is 3. The van der Waals surface area contributed by atoms with E-state index in [0.29, 0.717) is 25.9 Å². The highest BCUT2D eigenvalue weighted by Crippen LogP contribution is 2.14. The number of primary amides is 1. The van der Waals surface area contributed by atoms with Crippen LogP contribution in [0.25, 0.3) is 0 Å². The lowest BCUT2D eigenvalue weighted by atomic mass is 10.0. The second kappa shape index (κ2) is 5.11. The number of piperazine rings is 1. The largest absolute Gasteiger partial charge is 0.368 e. The molecule has 1 saturated heterocycles. The number of amides is 2. The molecule has 0 aromatic carbocycles. The first-order valence-corrected chi connectivity index (χ1v) is 5.44. The molecule has 1 fully saturated rings. The van der Waals surface area contributed by atoms with E-state index in [0.717, 1.165) is 0 Å². The summed E-state index contributed by atoms with van der Waals surface area (Å²) < 4.78 is 0. The molecule has 5 heteroatoms. The number of rotatable bonds is 4. The molecular weight excluding hydrogens is 194 g/mol. The minimum absolute atomic E-state index is 0.00319. The van der Waals surface area contributed by atoms with Crippen LogP contribution in [-0.2, 0) is 9.59 Å². The average Bonchev–Trinajstić information content (AvgIpc) is 2.18. The molecule has 1 aliphatic rings. The number of hydrogen-bond donors (Lipinski definition) is 2. The van der Waals surface area contributed by atoms with Crippen LogP contribution in [0.2, 0.25) is 0 Å². The molecule has 0 saturated carbocycles. The second-order valence-corrected chi connectivity index (χ2v) is 3.78. The average molecular weight is 213 g/mol. The monoisotopic (exact) mass is 213 g/mol. The summed E-state index contributed by atoms with van der Waals surface area (Å²) in [5, 5.41) is 2.80. The lowest BCUT2D eigenvalue weighted by Crippen LogP contribution is -2.60. The summed E-state index contributed by atoms with van der Waals surface area (Å²) in [4.78, 5) is 24.7. The van der Waals surface area contributed by atoms with Gasteiger partial charge < -0.3 is 11.1 Å². The Balaban J connectivity index is 2.80. The van der Waals surface area contributed by atoms with E-state index in [-0.39, 0.29) is 23.9 Å². The number of nitrogens with one attached hydrogen (secondary N) is 1. The van der Waals surface area contributed by atoms with Gasteiger partial charge in [0.1, 0.15) is 0 Å². The van der Waals surface area contributed by atoms with Gasteiger partial charge in [-0.15, -0.1) is 0 Å². The van der Waals surface area contributed by atoms with Crippen molar-refractivity contribution in [2.45, 2.75) is 38.8 Å². The van der Waals surface area contributed by atoms with Crippen LogP contribution in [0, 0.1) is 0 Å². The number of carbonyl (C=O) groups is 2. The van der Waals surface area contributed by atoms with Crippen molar-refractivity contribution in [2.75, 3.05) is 13.1 Å². The van der Waals surface area contributed by atoms with Crippen LogP contribution in [0.1, 0.15) is 26.7 Å². The fraction of sp³-hybridized carbons (Fsp3) is 0.800. The third-order valence-electron chi connectivity index (χ3n) is 2.87. The standard InChI is InChI=1S/C10H19N3O2/c1-3-7(9(11)14)13-6-5-12-10(15)8(13)4-2/h7-8H,3-6H2,1-2H3,(H2,11,14)(H,12,15). The smallest absolute Gasteiger partial charge is 0.237 e. The first kappa shape index (κ1) is 12.0. The summed E-state index contributed by atoms with van der Waals surface area (Å²) in [5.74, 6) is -0.339.